The lowest BCUT2D eigenvalue weighted by Crippen LogP contribution is -2.38. The normalized spacial score (nSPS) is 13.0. The zero-order chi connectivity index (χ0) is 17.6. The van der Waals surface area contributed by atoms with E-state index in [1.54, 1.807) is 18.3 Å². The van der Waals surface area contributed by atoms with Crippen LogP contribution in [0.3, 0.4) is 0 Å². The Morgan fingerprint density at radius 1 is 1.04 bits per heavy atom. The Morgan fingerprint density at radius 3 is 2.40 bits per heavy atom. The van der Waals surface area contributed by atoms with Crippen LogP contribution in [0.15, 0.2) is 72.1 Å². The molecule has 5 heteroatoms. The molecule has 0 aliphatic carbocycles. The molecule has 3 aromatic rings. The van der Waals surface area contributed by atoms with Crippen LogP contribution in [0.1, 0.15) is 23.4 Å². The van der Waals surface area contributed by atoms with Gasteiger partial charge in [0.2, 0.25) is 0 Å². The van der Waals surface area contributed by atoms with Crippen molar-refractivity contribution in [3.05, 3.63) is 87.6 Å². The third-order valence-corrected chi connectivity index (χ3v) is 4.93. The molecule has 1 heterocycles. The molecule has 0 saturated carbocycles. The molecular formula is C20H18ClNO2S. The van der Waals surface area contributed by atoms with Gasteiger partial charge in [0.1, 0.15) is 5.75 Å². The summed E-state index contributed by atoms with van der Waals surface area (Å²) < 4.78 is 5.72. The van der Waals surface area contributed by atoms with Gasteiger partial charge in [-0.2, -0.15) is 0 Å². The van der Waals surface area contributed by atoms with Gasteiger partial charge in [0.15, 0.2) is 6.10 Å². The molecule has 0 fully saturated rings. The number of ether oxygens (including phenoxy) is 1. The molecule has 3 rings (SSSR count). The molecule has 0 spiro atoms. The third kappa shape index (κ3) is 4.62. The lowest BCUT2D eigenvalue weighted by molar-refractivity contribution is -0.127. The van der Waals surface area contributed by atoms with Crippen molar-refractivity contribution in [2.75, 3.05) is 0 Å². The topological polar surface area (TPSA) is 38.3 Å². The fourth-order valence-corrected chi connectivity index (χ4v) is 3.37. The quantitative estimate of drug-likeness (QED) is 0.656. The number of carbonyl (C=O) groups excluding carboxylic acids is 1. The maximum absolute atomic E-state index is 12.6. The Kier molecular flexibility index (Phi) is 5.74. The average molecular weight is 372 g/mol. The fourth-order valence-electron chi connectivity index (χ4n) is 2.45. The van der Waals surface area contributed by atoms with E-state index in [-0.39, 0.29) is 11.9 Å². The Hall–Kier alpha value is -2.30. The highest BCUT2D eigenvalue weighted by Crippen LogP contribution is 2.27. The minimum atomic E-state index is -0.600. The van der Waals surface area contributed by atoms with Crippen molar-refractivity contribution in [1.29, 1.82) is 0 Å². The summed E-state index contributed by atoms with van der Waals surface area (Å²) in [6.45, 7) is 1.75. The van der Waals surface area contributed by atoms with Gasteiger partial charge in [-0.25, -0.2) is 0 Å². The Morgan fingerprint density at radius 2 is 1.76 bits per heavy atom. The van der Waals surface area contributed by atoms with Gasteiger partial charge < -0.3 is 10.1 Å². The van der Waals surface area contributed by atoms with Gasteiger partial charge >= 0.3 is 0 Å². The largest absolute Gasteiger partial charge is 0.481 e. The first-order chi connectivity index (χ1) is 12.1. The molecule has 3 nitrogen and oxygen atoms in total. The monoisotopic (exact) mass is 371 g/mol. The SMILES string of the molecule is CC(Oc1ccccc1)C(=O)NC(c1ccc(Cl)cc1)c1cccs1. The Bertz CT molecular complexity index is 803. The minimum Gasteiger partial charge on any atom is -0.481 e. The fraction of sp³-hybridized carbons (Fsp3) is 0.150. The molecule has 2 unspecified atom stereocenters. The molecule has 25 heavy (non-hydrogen) atoms. The standard InChI is InChI=1S/C20H18ClNO2S/c1-14(24-17-6-3-2-4-7-17)20(23)22-19(18-8-5-13-25-18)15-9-11-16(21)12-10-15/h2-14,19H,1H3,(H,22,23). The number of carbonyl (C=O) groups is 1. The van der Waals surface area contributed by atoms with Crippen LogP contribution in [0.4, 0.5) is 0 Å². The number of nitrogens with one attached hydrogen (secondary N) is 1. The second-order valence-electron chi connectivity index (χ2n) is 5.58. The molecule has 0 saturated heterocycles. The summed E-state index contributed by atoms with van der Waals surface area (Å²) in [6.07, 6.45) is -0.600. The van der Waals surface area contributed by atoms with E-state index in [1.165, 1.54) is 0 Å². The van der Waals surface area contributed by atoms with Crippen LogP contribution in [0, 0.1) is 0 Å². The van der Waals surface area contributed by atoms with Gasteiger partial charge in [-0.05, 0) is 48.2 Å². The number of thiophene rings is 1. The number of amides is 1. The zero-order valence-corrected chi connectivity index (χ0v) is 15.3. The van der Waals surface area contributed by atoms with Crippen LogP contribution in [0.25, 0.3) is 0 Å². The van der Waals surface area contributed by atoms with E-state index in [0.29, 0.717) is 10.8 Å². The summed E-state index contributed by atoms with van der Waals surface area (Å²) >= 11 is 7.58. The molecule has 128 valence electrons. The lowest BCUT2D eigenvalue weighted by atomic mass is 10.1. The summed E-state index contributed by atoms with van der Waals surface area (Å²) in [5.74, 6) is 0.501. The van der Waals surface area contributed by atoms with Crippen LogP contribution < -0.4 is 10.1 Å². The Balaban J connectivity index is 1.75. The van der Waals surface area contributed by atoms with Crippen molar-refractivity contribution in [1.82, 2.24) is 5.32 Å². The van der Waals surface area contributed by atoms with Gasteiger partial charge in [0.25, 0.3) is 5.91 Å². The Labute approximate surface area is 156 Å². The van der Waals surface area contributed by atoms with Crippen LogP contribution in [0.2, 0.25) is 5.02 Å². The van der Waals surface area contributed by atoms with Gasteiger partial charge in [-0.3, -0.25) is 4.79 Å². The first-order valence-electron chi connectivity index (χ1n) is 7.94. The molecule has 0 aliphatic rings. The number of hydrogen-bond donors (Lipinski definition) is 1. The van der Waals surface area contributed by atoms with E-state index in [1.807, 2.05) is 72.1 Å². The first kappa shape index (κ1) is 17.5. The summed E-state index contributed by atoms with van der Waals surface area (Å²) in [6, 6.07) is 20.6. The van der Waals surface area contributed by atoms with Gasteiger partial charge in [0, 0.05) is 9.90 Å². The molecule has 1 amide bonds. The molecule has 2 aromatic carbocycles. The third-order valence-electron chi connectivity index (χ3n) is 3.74. The average Bonchev–Trinajstić information content (AvgIpc) is 3.15. The molecule has 0 aliphatic heterocycles. The van der Waals surface area contributed by atoms with E-state index < -0.39 is 6.10 Å². The molecular weight excluding hydrogens is 354 g/mol. The van der Waals surface area contributed by atoms with E-state index in [9.17, 15) is 4.79 Å². The summed E-state index contributed by atoms with van der Waals surface area (Å²) in [5, 5.41) is 5.74. The summed E-state index contributed by atoms with van der Waals surface area (Å²) in [4.78, 5) is 13.7. The predicted octanol–water partition coefficient (Wildman–Crippen LogP) is 5.07. The van der Waals surface area contributed by atoms with Crippen LogP contribution >= 0.6 is 22.9 Å². The van der Waals surface area contributed by atoms with Crippen LogP contribution in [-0.4, -0.2) is 12.0 Å². The van der Waals surface area contributed by atoms with Crippen molar-refractivity contribution >= 4 is 28.8 Å². The van der Waals surface area contributed by atoms with E-state index in [0.717, 1.165) is 10.4 Å². The summed E-state index contributed by atoms with van der Waals surface area (Å²) in [5.41, 5.74) is 0.979. The molecule has 0 radical (unpaired) electrons. The molecule has 0 bridgehead atoms. The number of hydrogen-bond acceptors (Lipinski definition) is 3. The zero-order valence-electron chi connectivity index (χ0n) is 13.7. The minimum absolute atomic E-state index is 0.169. The van der Waals surface area contributed by atoms with Gasteiger partial charge in [0.05, 0.1) is 6.04 Å². The number of para-hydroxylation sites is 1. The maximum Gasteiger partial charge on any atom is 0.261 e. The summed E-state index contributed by atoms with van der Waals surface area (Å²) in [7, 11) is 0. The molecule has 1 aromatic heterocycles. The highest BCUT2D eigenvalue weighted by Gasteiger charge is 2.22. The smallest absolute Gasteiger partial charge is 0.261 e. The van der Waals surface area contributed by atoms with Gasteiger partial charge in [-0.1, -0.05) is 48.0 Å². The van der Waals surface area contributed by atoms with Crippen molar-refractivity contribution in [2.45, 2.75) is 19.1 Å². The van der Waals surface area contributed by atoms with E-state index in [4.69, 9.17) is 16.3 Å². The second kappa shape index (κ2) is 8.19. The van der Waals surface area contributed by atoms with Crippen LogP contribution in [-0.2, 0) is 4.79 Å². The number of benzene rings is 2. The molecule has 1 N–H and O–H groups in total. The van der Waals surface area contributed by atoms with Crippen molar-refractivity contribution in [3.63, 3.8) is 0 Å². The van der Waals surface area contributed by atoms with E-state index >= 15 is 0 Å². The predicted molar refractivity (Wildman–Crippen MR) is 102 cm³/mol. The number of halogens is 1. The highest BCUT2D eigenvalue weighted by molar-refractivity contribution is 7.10. The first-order valence-corrected chi connectivity index (χ1v) is 9.20. The van der Waals surface area contributed by atoms with Crippen molar-refractivity contribution in [3.8, 4) is 5.75 Å². The highest BCUT2D eigenvalue weighted by atomic mass is 35.5. The van der Waals surface area contributed by atoms with Crippen molar-refractivity contribution in [2.24, 2.45) is 0 Å². The van der Waals surface area contributed by atoms with E-state index in [2.05, 4.69) is 5.32 Å². The maximum atomic E-state index is 12.6. The lowest BCUT2D eigenvalue weighted by Gasteiger charge is -2.21. The molecule has 2 atom stereocenters. The van der Waals surface area contributed by atoms with Crippen LogP contribution in [0.5, 0.6) is 5.75 Å². The van der Waals surface area contributed by atoms with Crippen molar-refractivity contribution < 1.29 is 9.53 Å². The number of rotatable bonds is 6. The second-order valence-corrected chi connectivity index (χ2v) is 7.00. The van der Waals surface area contributed by atoms with Gasteiger partial charge in [-0.15, -0.1) is 11.3 Å².